The zero-order valence-electron chi connectivity index (χ0n) is 21.2. The summed E-state index contributed by atoms with van der Waals surface area (Å²) in [5.41, 5.74) is 3.86. The van der Waals surface area contributed by atoms with E-state index >= 15 is 0 Å². The average Bonchev–Trinajstić information content (AvgIpc) is 2.88. The van der Waals surface area contributed by atoms with Crippen LogP contribution in [-0.4, -0.2) is 0 Å². The molecule has 2 aromatic carbocycles. The van der Waals surface area contributed by atoms with Crippen LogP contribution in [0.15, 0.2) is 42.5 Å². The van der Waals surface area contributed by atoms with Crippen molar-refractivity contribution in [3.63, 3.8) is 0 Å². The molecular weight excluding hydrogens is 439 g/mol. The Morgan fingerprint density at radius 3 is 1.82 bits per heavy atom. The van der Waals surface area contributed by atoms with Crippen molar-refractivity contribution in [1.29, 1.82) is 0 Å². The van der Waals surface area contributed by atoms with Gasteiger partial charge in [-0.3, -0.25) is 0 Å². The fraction of sp³-hybridized carbons (Fsp3) is 0.625. The molecule has 2 aliphatic carbocycles. The zero-order valence-corrected chi connectivity index (χ0v) is 22.0. The molecule has 0 nitrogen and oxygen atoms in total. The summed E-state index contributed by atoms with van der Waals surface area (Å²) in [6, 6.07) is 14.4. The van der Waals surface area contributed by atoms with Gasteiger partial charge in [-0.05, 0) is 91.0 Å². The maximum atomic E-state index is 13.7. The van der Waals surface area contributed by atoms with Gasteiger partial charge in [-0.2, -0.15) is 0 Å². The summed E-state index contributed by atoms with van der Waals surface area (Å²) in [7, 11) is 0. The third-order valence-electron chi connectivity index (χ3n) is 8.90. The lowest BCUT2D eigenvalue weighted by molar-refractivity contribution is 0.222. The molecular formula is C32H44ClF. The van der Waals surface area contributed by atoms with Gasteiger partial charge in [0.2, 0.25) is 0 Å². The van der Waals surface area contributed by atoms with Gasteiger partial charge in [0, 0.05) is 0 Å². The monoisotopic (exact) mass is 482 g/mol. The molecule has 2 aliphatic rings. The van der Waals surface area contributed by atoms with Crippen molar-refractivity contribution in [3.8, 4) is 0 Å². The van der Waals surface area contributed by atoms with Crippen molar-refractivity contribution >= 4 is 11.6 Å². The molecule has 2 saturated carbocycles. The lowest BCUT2D eigenvalue weighted by Gasteiger charge is -2.32. The van der Waals surface area contributed by atoms with Gasteiger partial charge < -0.3 is 0 Å². The maximum Gasteiger partial charge on any atom is 0.142 e. The van der Waals surface area contributed by atoms with E-state index in [1.165, 1.54) is 94.6 Å². The van der Waals surface area contributed by atoms with Gasteiger partial charge in [-0.25, -0.2) is 4.39 Å². The highest BCUT2D eigenvalue weighted by molar-refractivity contribution is 6.30. The Balaban J connectivity index is 1.15. The SMILES string of the molecule is CCCCC1CCC(CCC2CCC(c3ccc(CCc4ccc(Cl)c(F)c4)cc3)CC2)CC1. The second kappa shape index (κ2) is 13.1. The Labute approximate surface area is 212 Å². The Bertz CT molecular complexity index is 857. The Morgan fingerprint density at radius 1 is 0.706 bits per heavy atom. The number of halogens is 2. The predicted molar refractivity (Wildman–Crippen MR) is 144 cm³/mol. The summed E-state index contributed by atoms with van der Waals surface area (Å²) in [4.78, 5) is 0. The summed E-state index contributed by atoms with van der Waals surface area (Å²) < 4.78 is 13.7. The smallest absolute Gasteiger partial charge is 0.142 e. The van der Waals surface area contributed by atoms with E-state index in [2.05, 4.69) is 31.2 Å². The van der Waals surface area contributed by atoms with Crippen molar-refractivity contribution in [2.45, 2.75) is 109 Å². The summed E-state index contributed by atoms with van der Waals surface area (Å²) >= 11 is 5.79. The van der Waals surface area contributed by atoms with Gasteiger partial charge in [-0.15, -0.1) is 0 Å². The third kappa shape index (κ3) is 7.58. The van der Waals surface area contributed by atoms with Gasteiger partial charge in [-0.1, -0.05) is 107 Å². The van der Waals surface area contributed by atoms with E-state index in [0.717, 1.165) is 42.1 Å². The van der Waals surface area contributed by atoms with Gasteiger partial charge >= 0.3 is 0 Å². The molecule has 0 spiro atoms. The van der Waals surface area contributed by atoms with Gasteiger partial charge in [0.25, 0.3) is 0 Å². The fourth-order valence-corrected chi connectivity index (χ4v) is 6.62. The Morgan fingerprint density at radius 2 is 1.24 bits per heavy atom. The van der Waals surface area contributed by atoms with Crippen LogP contribution < -0.4 is 0 Å². The molecule has 2 fully saturated rings. The van der Waals surface area contributed by atoms with Crippen molar-refractivity contribution in [2.24, 2.45) is 17.8 Å². The fourth-order valence-electron chi connectivity index (χ4n) is 6.50. The maximum absolute atomic E-state index is 13.7. The van der Waals surface area contributed by atoms with Crippen molar-refractivity contribution in [2.75, 3.05) is 0 Å². The number of hydrogen-bond donors (Lipinski definition) is 0. The predicted octanol–water partition coefficient (Wildman–Crippen LogP) is 10.3. The molecule has 0 heterocycles. The highest BCUT2D eigenvalue weighted by atomic mass is 35.5. The van der Waals surface area contributed by atoms with Crippen LogP contribution in [0.3, 0.4) is 0 Å². The highest BCUT2D eigenvalue weighted by Crippen LogP contribution is 2.40. The van der Waals surface area contributed by atoms with E-state index in [9.17, 15) is 4.39 Å². The van der Waals surface area contributed by atoms with Crippen LogP contribution in [0.25, 0.3) is 0 Å². The number of hydrogen-bond acceptors (Lipinski definition) is 0. The number of aryl methyl sites for hydroxylation is 2. The first-order chi connectivity index (χ1) is 16.6. The van der Waals surface area contributed by atoms with Crippen LogP contribution in [-0.2, 0) is 12.8 Å². The van der Waals surface area contributed by atoms with E-state index in [4.69, 9.17) is 11.6 Å². The zero-order chi connectivity index (χ0) is 23.8. The molecule has 0 aromatic heterocycles. The summed E-state index contributed by atoms with van der Waals surface area (Å²) in [6.45, 7) is 2.32. The quantitative estimate of drug-likeness (QED) is 0.316. The lowest BCUT2D eigenvalue weighted by atomic mass is 9.74. The number of unbranched alkanes of at least 4 members (excludes halogenated alkanes) is 1. The summed E-state index contributed by atoms with van der Waals surface area (Å²) in [5.74, 6) is 3.45. The topological polar surface area (TPSA) is 0 Å². The molecule has 0 unspecified atom stereocenters. The van der Waals surface area contributed by atoms with E-state index < -0.39 is 0 Å². The van der Waals surface area contributed by atoms with E-state index in [1.54, 1.807) is 12.1 Å². The second-order valence-electron chi connectivity index (χ2n) is 11.3. The summed E-state index contributed by atoms with van der Waals surface area (Å²) in [5, 5.41) is 0.202. The Hall–Kier alpha value is -1.34. The largest absolute Gasteiger partial charge is 0.205 e. The van der Waals surface area contributed by atoms with E-state index in [-0.39, 0.29) is 10.8 Å². The van der Waals surface area contributed by atoms with Crippen molar-refractivity contribution in [3.05, 3.63) is 70.0 Å². The minimum Gasteiger partial charge on any atom is -0.205 e. The normalized spacial score (nSPS) is 25.4. The van der Waals surface area contributed by atoms with Crippen LogP contribution in [0, 0.1) is 23.6 Å². The molecule has 2 heteroatoms. The van der Waals surface area contributed by atoms with Crippen LogP contribution in [0.5, 0.6) is 0 Å². The van der Waals surface area contributed by atoms with Gasteiger partial charge in [0.1, 0.15) is 5.82 Å². The molecule has 0 atom stereocenters. The van der Waals surface area contributed by atoms with Crippen molar-refractivity contribution in [1.82, 2.24) is 0 Å². The van der Waals surface area contributed by atoms with E-state index in [1.807, 2.05) is 6.07 Å². The van der Waals surface area contributed by atoms with Gasteiger partial charge in [0.05, 0.1) is 5.02 Å². The molecule has 0 N–H and O–H groups in total. The highest BCUT2D eigenvalue weighted by Gasteiger charge is 2.25. The summed E-state index contributed by atoms with van der Waals surface area (Å²) in [6.07, 6.45) is 20.6. The third-order valence-corrected chi connectivity index (χ3v) is 9.21. The lowest BCUT2D eigenvalue weighted by Crippen LogP contribution is -2.17. The van der Waals surface area contributed by atoms with Crippen molar-refractivity contribution < 1.29 is 4.39 Å². The molecule has 0 bridgehead atoms. The molecule has 0 amide bonds. The van der Waals surface area contributed by atoms with Crippen LogP contribution in [0.1, 0.15) is 113 Å². The number of rotatable bonds is 10. The minimum atomic E-state index is -0.320. The molecule has 0 saturated heterocycles. The molecule has 0 aliphatic heterocycles. The second-order valence-corrected chi connectivity index (χ2v) is 11.7. The molecule has 186 valence electrons. The molecule has 2 aromatic rings. The van der Waals surface area contributed by atoms with Gasteiger partial charge in [0.15, 0.2) is 0 Å². The first-order valence-corrected chi connectivity index (χ1v) is 14.5. The first-order valence-electron chi connectivity index (χ1n) is 14.1. The molecule has 34 heavy (non-hydrogen) atoms. The minimum absolute atomic E-state index is 0.202. The van der Waals surface area contributed by atoms with Crippen LogP contribution in [0.2, 0.25) is 5.02 Å². The first kappa shape index (κ1) is 25.7. The van der Waals surface area contributed by atoms with E-state index in [0.29, 0.717) is 0 Å². The molecule has 0 radical (unpaired) electrons. The standard InChI is InChI=1S/C32H44ClF/c1-2-3-4-24-5-7-25(8-6-24)9-10-26-13-18-29(19-14-26)30-20-15-27(16-21-30)11-12-28-17-22-31(33)32(34)23-28/h15-17,20-26,29H,2-14,18-19H2,1H3. The molecule has 4 rings (SSSR count). The van der Waals surface area contributed by atoms with Crippen LogP contribution in [0.4, 0.5) is 4.39 Å². The van der Waals surface area contributed by atoms with Crippen LogP contribution >= 0.6 is 11.6 Å². The number of benzene rings is 2. The Kier molecular flexibility index (Phi) is 9.92. The average molecular weight is 483 g/mol.